The standard InChI is InChI=1S/C18H15FNO3P/c19-15-8-7-9-16(14-15)20-24(21,22-17-10-3-1-4-11-17)23-18-12-5-2-6-13-18/h1-14H,(H,20,21). The van der Waals surface area contributed by atoms with Crippen LogP contribution in [0.4, 0.5) is 10.1 Å². The number of halogens is 1. The lowest BCUT2D eigenvalue weighted by molar-refractivity contribution is 0.393. The van der Waals surface area contributed by atoms with Gasteiger partial charge in [-0.3, -0.25) is 5.09 Å². The van der Waals surface area contributed by atoms with Crippen molar-refractivity contribution in [3.63, 3.8) is 0 Å². The second-order valence-corrected chi connectivity index (χ2v) is 6.51. The molecule has 0 atom stereocenters. The molecule has 0 aliphatic rings. The summed E-state index contributed by atoms with van der Waals surface area (Å²) < 4.78 is 37.6. The van der Waals surface area contributed by atoms with E-state index in [-0.39, 0.29) is 0 Å². The topological polar surface area (TPSA) is 47.6 Å². The molecule has 0 spiro atoms. The fourth-order valence-corrected chi connectivity index (χ4v) is 3.40. The Morgan fingerprint density at radius 1 is 0.750 bits per heavy atom. The number of nitrogens with one attached hydrogen (secondary N) is 1. The van der Waals surface area contributed by atoms with Crippen LogP contribution in [0, 0.1) is 5.82 Å². The molecule has 0 amide bonds. The van der Waals surface area contributed by atoms with Gasteiger partial charge in [-0.05, 0) is 42.5 Å². The van der Waals surface area contributed by atoms with Crippen molar-refractivity contribution in [1.82, 2.24) is 0 Å². The molecular weight excluding hydrogens is 328 g/mol. The second kappa shape index (κ2) is 7.20. The van der Waals surface area contributed by atoms with Gasteiger partial charge in [0.25, 0.3) is 0 Å². The summed E-state index contributed by atoms with van der Waals surface area (Å²) in [5, 5.41) is 2.66. The maximum absolute atomic E-state index is 13.4. The van der Waals surface area contributed by atoms with Crippen molar-refractivity contribution in [3.8, 4) is 11.5 Å². The van der Waals surface area contributed by atoms with Gasteiger partial charge in [0.05, 0.1) is 0 Å². The molecule has 0 saturated carbocycles. The largest absolute Gasteiger partial charge is 0.541 e. The Bertz CT molecular complexity index is 798. The molecule has 0 saturated heterocycles. The van der Waals surface area contributed by atoms with Gasteiger partial charge in [0.15, 0.2) is 0 Å². The van der Waals surface area contributed by atoms with Gasteiger partial charge in [-0.2, -0.15) is 0 Å². The van der Waals surface area contributed by atoms with Gasteiger partial charge in [0, 0.05) is 5.69 Å². The third-order valence-corrected chi connectivity index (χ3v) is 4.46. The van der Waals surface area contributed by atoms with E-state index in [1.165, 1.54) is 18.2 Å². The average Bonchev–Trinajstić information content (AvgIpc) is 2.56. The number of hydrogen-bond donors (Lipinski definition) is 1. The molecule has 122 valence electrons. The van der Waals surface area contributed by atoms with Crippen LogP contribution in [0.5, 0.6) is 11.5 Å². The molecule has 0 aliphatic heterocycles. The minimum atomic E-state index is -3.82. The summed E-state index contributed by atoms with van der Waals surface area (Å²) in [6, 6.07) is 22.9. The summed E-state index contributed by atoms with van der Waals surface area (Å²) in [5.41, 5.74) is 0.296. The molecule has 0 heterocycles. The van der Waals surface area contributed by atoms with Crippen molar-refractivity contribution in [2.24, 2.45) is 0 Å². The molecule has 0 radical (unpaired) electrons. The van der Waals surface area contributed by atoms with Crippen molar-refractivity contribution < 1.29 is 18.0 Å². The molecule has 0 fully saturated rings. The van der Waals surface area contributed by atoms with Gasteiger partial charge in [0.1, 0.15) is 17.3 Å². The molecule has 3 aromatic rings. The van der Waals surface area contributed by atoms with E-state index in [1.807, 2.05) is 12.1 Å². The van der Waals surface area contributed by atoms with Gasteiger partial charge >= 0.3 is 7.75 Å². The van der Waals surface area contributed by atoms with Crippen molar-refractivity contribution in [2.45, 2.75) is 0 Å². The van der Waals surface area contributed by atoms with Crippen LogP contribution in [0.1, 0.15) is 0 Å². The summed E-state index contributed by atoms with van der Waals surface area (Å²) in [4.78, 5) is 0. The smallest absolute Gasteiger partial charge is 0.400 e. The molecular formula is C18H15FNO3P. The second-order valence-electron chi connectivity index (χ2n) is 4.93. The van der Waals surface area contributed by atoms with E-state index >= 15 is 0 Å². The maximum atomic E-state index is 13.4. The molecule has 3 rings (SSSR count). The van der Waals surface area contributed by atoms with Crippen molar-refractivity contribution in [1.29, 1.82) is 0 Å². The van der Waals surface area contributed by atoms with Crippen molar-refractivity contribution >= 4 is 13.4 Å². The van der Waals surface area contributed by atoms with Crippen LogP contribution in [-0.2, 0) is 4.57 Å². The Morgan fingerprint density at radius 3 is 1.79 bits per heavy atom. The van der Waals surface area contributed by atoms with E-state index in [1.54, 1.807) is 54.6 Å². The summed E-state index contributed by atoms with van der Waals surface area (Å²) in [7, 11) is -3.82. The van der Waals surface area contributed by atoms with Crippen LogP contribution < -0.4 is 14.1 Å². The molecule has 4 nitrogen and oxygen atoms in total. The summed E-state index contributed by atoms with van der Waals surface area (Å²) in [5.74, 6) is 0.298. The maximum Gasteiger partial charge on any atom is 0.541 e. The Hall–Kier alpha value is -2.78. The van der Waals surface area contributed by atoms with Gasteiger partial charge in [-0.25, -0.2) is 8.96 Å². The molecule has 1 N–H and O–H groups in total. The molecule has 0 unspecified atom stereocenters. The van der Waals surface area contributed by atoms with Crippen LogP contribution in [0.3, 0.4) is 0 Å². The summed E-state index contributed by atoms with van der Waals surface area (Å²) in [6.07, 6.45) is 0. The zero-order chi connectivity index (χ0) is 16.8. The molecule has 0 bridgehead atoms. The van der Waals surface area contributed by atoms with E-state index in [4.69, 9.17) is 9.05 Å². The van der Waals surface area contributed by atoms with Crippen LogP contribution in [-0.4, -0.2) is 0 Å². The number of rotatable bonds is 6. The molecule has 3 aromatic carbocycles. The molecule has 0 aliphatic carbocycles. The van der Waals surface area contributed by atoms with E-state index in [2.05, 4.69) is 5.09 Å². The highest BCUT2D eigenvalue weighted by Gasteiger charge is 2.29. The Kier molecular flexibility index (Phi) is 4.82. The lowest BCUT2D eigenvalue weighted by atomic mass is 10.3. The third-order valence-electron chi connectivity index (χ3n) is 3.03. The van der Waals surface area contributed by atoms with E-state index in [0.717, 1.165) is 0 Å². The predicted molar refractivity (Wildman–Crippen MR) is 91.8 cm³/mol. The monoisotopic (exact) mass is 343 g/mol. The van der Waals surface area contributed by atoms with Gasteiger partial charge < -0.3 is 9.05 Å². The highest BCUT2D eigenvalue weighted by atomic mass is 31.2. The van der Waals surface area contributed by atoms with Gasteiger partial charge in [-0.15, -0.1) is 0 Å². The predicted octanol–water partition coefficient (Wildman–Crippen LogP) is 5.50. The van der Waals surface area contributed by atoms with Crippen LogP contribution in [0.15, 0.2) is 84.9 Å². The highest BCUT2D eigenvalue weighted by Crippen LogP contribution is 2.48. The van der Waals surface area contributed by atoms with Gasteiger partial charge in [-0.1, -0.05) is 42.5 Å². The normalized spacial score (nSPS) is 10.9. The number of para-hydroxylation sites is 2. The Morgan fingerprint density at radius 2 is 1.29 bits per heavy atom. The first kappa shape index (κ1) is 16.1. The van der Waals surface area contributed by atoms with Crippen LogP contribution >= 0.6 is 7.75 Å². The Labute approximate surface area is 139 Å². The lowest BCUT2D eigenvalue weighted by Gasteiger charge is -2.21. The quantitative estimate of drug-likeness (QED) is 0.600. The first-order valence-corrected chi connectivity index (χ1v) is 8.80. The van der Waals surface area contributed by atoms with Crippen molar-refractivity contribution in [2.75, 3.05) is 5.09 Å². The molecule has 24 heavy (non-hydrogen) atoms. The highest BCUT2D eigenvalue weighted by molar-refractivity contribution is 7.56. The zero-order valence-corrected chi connectivity index (χ0v) is 13.5. The van der Waals surface area contributed by atoms with E-state index in [0.29, 0.717) is 17.2 Å². The Balaban J connectivity index is 1.89. The molecule has 0 aromatic heterocycles. The summed E-state index contributed by atoms with van der Waals surface area (Å²) >= 11 is 0. The number of anilines is 1. The molecule has 6 heteroatoms. The van der Waals surface area contributed by atoms with Gasteiger partial charge in [0.2, 0.25) is 0 Å². The minimum absolute atomic E-state index is 0.296. The fraction of sp³-hybridized carbons (Fsp3) is 0. The average molecular weight is 343 g/mol. The lowest BCUT2D eigenvalue weighted by Crippen LogP contribution is -2.10. The number of hydrogen-bond acceptors (Lipinski definition) is 3. The van der Waals surface area contributed by atoms with E-state index in [9.17, 15) is 8.96 Å². The minimum Gasteiger partial charge on any atom is -0.400 e. The summed E-state index contributed by atoms with van der Waals surface area (Å²) in [6.45, 7) is 0. The SMILES string of the molecule is O=P(Nc1cccc(F)c1)(Oc1ccccc1)Oc1ccccc1. The first-order valence-electron chi connectivity index (χ1n) is 7.26. The van der Waals surface area contributed by atoms with Crippen LogP contribution in [0.25, 0.3) is 0 Å². The van der Waals surface area contributed by atoms with Crippen LogP contribution in [0.2, 0.25) is 0 Å². The van der Waals surface area contributed by atoms with Crippen molar-refractivity contribution in [3.05, 3.63) is 90.7 Å². The fourth-order valence-electron chi connectivity index (χ4n) is 2.02. The van der Waals surface area contributed by atoms with E-state index < -0.39 is 13.6 Å². The zero-order valence-electron chi connectivity index (χ0n) is 12.6. The number of benzene rings is 3. The third kappa shape index (κ3) is 4.37. The first-order chi connectivity index (χ1) is 11.6.